The maximum absolute atomic E-state index is 13.0. The van der Waals surface area contributed by atoms with Gasteiger partial charge in [-0.2, -0.15) is 44.6 Å². The molecule has 0 unspecified atom stereocenters. The van der Waals surface area contributed by atoms with Crippen LogP contribution in [0.2, 0.25) is 0 Å². The molecule has 0 bridgehead atoms. The van der Waals surface area contributed by atoms with Gasteiger partial charge in [0.05, 0.1) is 23.7 Å². The number of nitrogens with two attached hydrogens (primary N) is 1. The first-order valence-corrected chi connectivity index (χ1v) is 11.1. The fourth-order valence-electron chi connectivity index (χ4n) is 3.31. The third-order valence-corrected chi connectivity index (χ3v) is 5.11. The van der Waals surface area contributed by atoms with Crippen LogP contribution >= 0.6 is 0 Å². The van der Waals surface area contributed by atoms with E-state index in [-0.39, 0.29) is 11.8 Å². The van der Waals surface area contributed by atoms with Crippen LogP contribution in [-0.2, 0) is 41.2 Å². The number of H-pyrrole nitrogens is 1. The number of nitrogens with zero attached hydrogens (tertiary/aromatic N) is 1. The Hall–Kier alpha value is -4.57. The van der Waals surface area contributed by atoms with Gasteiger partial charge in [0.25, 0.3) is 5.91 Å². The van der Waals surface area contributed by atoms with E-state index in [0.29, 0.717) is 36.2 Å². The topological polar surface area (TPSA) is 138 Å². The lowest BCUT2D eigenvalue weighted by molar-refractivity contribution is -0.192. The van der Waals surface area contributed by atoms with Gasteiger partial charge in [0.2, 0.25) is 5.91 Å². The highest BCUT2D eigenvalue weighted by molar-refractivity contribution is 5.93. The predicted molar refractivity (Wildman–Crippen MR) is 123 cm³/mol. The standard InChI is InChI=1S/C22H18F6N4O2.C2HF3O2/c23-21(24,25)15-6-13(7-16(10-15)22(26,27)28)9-18(33)31-17-3-1-2-12(8-17)4-5-14-11-30-32-19(14)20(29)34;3-2(4,5)1(6)7/h1-3,6-8,10-11H,4-5,9H2,(H2,29,34)(H,30,32)(H,31,33);(H,6,7). The van der Waals surface area contributed by atoms with E-state index in [1.165, 1.54) is 12.3 Å². The minimum atomic E-state index is -5.08. The van der Waals surface area contributed by atoms with E-state index in [1.807, 2.05) is 0 Å². The Balaban J connectivity index is 0.000000745. The fraction of sp³-hybridized carbons (Fsp3) is 0.250. The maximum atomic E-state index is 13.0. The summed E-state index contributed by atoms with van der Waals surface area (Å²) >= 11 is 0. The first-order chi connectivity index (χ1) is 18.8. The smallest absolute Gasteiger partial charge is 0.475 e. The molecule has 2 amide bonds. The molecular weight excluding hydrogens is 579 g/mol. The van der Waals surface area contributed by atoms with Crippen molar-refractivity contribution < 1.29 is 59.0 Å². The van der Waals surface area contributed by atoms with Crippen molar-refractivity contribution in [3.05, 3.63) is 82.2 Å². The van der Waals surface area contributed by atoms with Gasteiger partial charge in [-0.3, -0.25) is 14.7 Å². The average molecular weight is 598 g/mol. The van der Waals surface area contributed by atoms with Gasteiger partial charge < -0.3 is 16.2 Å². The van der Waals surface area contributed by atoms with Crippen molar-refractivity contribution in [3.63, 3.8) is 0 Å². The molecule has 3 rings (SSSR count). The predicted octanol–water partition coefficient (Wildman–Crippen LogP) is 5.15. The Morgan fingerprint density at radius 2 is 1.41 bits per heavy atom. The summed E-state index contributed by atoms with van der Waals surface area (Å²) in [5.41, 5.74) is 3.72. The van der Waals surface area contributed by atoms with Crippen molar-refractivity contribution in [2.75, 3.05) is 5.32 Å². The third kappa shape index (κ3) is 10.2. The lowest BCUT2D eigenvalue weighted by Crippen LogP contribution is -2.21. The van der Waals surface area contributed by atoms with Crippen LogP contribution in [0, 0.1) is 0 Å². The summed E-state index contributed by atoms with van der Waals surface area (Å²) in [5, 5.41) is 15.9. The summed E-state index contributed by atoms with van der Waals surface area (Å²) in [6, 6.07) is 7.56. The molecule has 0 spiro atoms. The summed E-state index contributed by atoms with van der Waals surface area (Å²) in [4.78, 5) is 32.6. The van der Waals surface area contributed by atoms with Crippen molar-refractivity contribution in [1.29, 1.82) is 0 Å². The molecule has 0 saturated carbocycles. The largest absolute Gasteiger partial charge is 0.490 e. The molecule has 5 N–H and O–H groups in total. The number of alkyl halides is 9. The van der Waals surface area contributed by atoms with Crippen LogP contribution in [0.1, 0.15) is 38.3 Å². The lowest BCUT2D eigenvalue weighted by atomic mass is 10.0. The Labute approximate surface area is 224 Å². The van der Waals surface area contributed by atoms with Crippen molar-refractivity contribution >= 4 is 23.5 Å². The van der Waals surface area contributed by atoms with Crippen LogP contribution in [0.25, 0.3) is 0 Å². The van der Waals surface area contributed by atoms with Crippen molar-refractivity contribution in [2.24, 2.45) is 5.73 Å². The Morgan fingerprint density at radius 3 is 1.90 bits per heavy atom. The summed E-state index contributed by atoms with van der Waals surface area (Å²) in [7, 11) is 0. The van der Waals surface area contributed by atoms with E-state index in [2.05, 4.69) is 15.5 Å². The number of hydrogen-bond donors (Lipinski definition) is 4. The second-order valence-electron chi connectivity index (χ2n) is 8.28. The summed E-state index contributed by atoms with van der Waals surface area (Å²) < 4.78 is 110. The minimum Gasteiger partial charge on any atom is -0.475 e. The monoisotopic (exact) mass is 598 g/mol. The lowest BCUT2D eigenvalue weighted by Gasteiger charge is -2.14. The van der Waals surface area contributed by atoms with Gasteiger partial charge in [-0.05, 0) is 54.3 Å². The third-order valence-electron chi connectivity index (χ3n) is 5.11. The second-order valence-corrected chi connectivity index (χ2v) is 8.28. The number of aliphatic carboxylic acids is 1. The molecule has 0 aliphatic heterocycles. The number of carboxylic acids is 1. The SMILES string of the molecule is NC(=O)c1[nH]ncc1CCc1cccc(NC(=O)Cc2cc(C(F)(F)F)cc(C(F)(F)F)c2)c1.O=C(O)C(F)(F)F. The second kappa shape index (κ2) is 12.7. The van der Waals surface area contributed by atoms with E-state index in [4.69, 9.17) is 15.6 Å². The number of rotatable bonds is 7. The molecule has 0 aliphatic carbocycles. The molecule has 1 heterocycles. The van der Waals surface area contributed by atoms with Crippen molar-refractivity contribution in [2.45, 2.75) is 37.8 Å². The Kier molecular flexibility index (Phi) is 10.1. The minimum absolute atomic E-state index is 0.00847. The van der Waals surface area contributed by atoms with Gasteiger partial charge in [-0.1, -0.05) is 12.1 Å². The number of aromatic amines is 1. The van der Waals surface area contributed by atoms with Crippen LogP contribution in [0.4, 0.5) is 45.2 Å². The number of aryl methyl sites for hydroxylation is 2. The number of anilines is 1. The van der Waals surface area contributed by atoms with Gasteiger partial charge in [0.15, 0.2) is 0 Å². The number of nitrogens with one attached hydrogen (secondary N) is 2. The zero-order chi connectivity index (χ0) is 31.2. The number of aromatic nitrogens is 2. The number of halogens is 9. The molecule has 0 fully saturated rings. The molecule has 0 saturated heterocycles. The Bertz CT molecular complexity index is 1360. The number of carbonyl (C=O) groups is 3. The first kappa shape index (κ1) is 32.6. The van der Waals surface area contributed by atoms with Gasteiger partial charge >= 0.3 is 24.5 Å². The molecule has 0 atom stereocenters. The van der Waals surface area contributed by atoms with Crippen LogP contribution in [-0.4, -0.2) is 39.3 Å². The van der Waals surface area contributed by atoms with Gasteiger partial charge in [-0.15, -0.1) is 0 Å². The van der Waals surface area contributed by atoms with Crippen LogP contribution in [0.15, 0.2) is 48.7 Å². The Morgan fingerprint density at radius 1 is 0.854 bits per heavy atom. The zero-order valence-electron chi connectivity index (χ0n) is 20.3. The van der Waals surface area contributed by atoms with Crippen molar-refractivity contribution in [3.8, 4) is 0 Å². The van der Waals surface area contributed by atoms with Crippen molar-refractivity contribution in [1.82, 2.24) is 10.2 Å². The molecule has 0 aliphatic rings. The highest BCUT2D eigenvalue weighted by atomic mass is 19.4. The van der Waals surface area contributed by atoms with E-state index in [0.717, 1.165) is 5.56 Å². The van der Waals surface area contributed by atoms with E-state index in [1.54, 1.807) is 18.2 Å². The van der Waals surface area contributed by atoms with Crippen LogP contribution < -0.4 is 11.1 Å². The van der Waals surface area contributed by atoms with E-state index < -0.39 is 59.4 Å². The molecule has 2 aromatic carbocycles. The number of hydrogen-bond acceptors (Lipinski definition) is 4. The van der Waals surface area contributed by atoms with Crippen LogP contribution in [0.3, 0.4) is 0 Å². The summed E-state index contributed by atoms with van der Waals surface area (Å²) in [5.74, 6) is -4.19. The molecule has 1 aromatic heterocycles. The molecule has 17 heteroatoms. The molecule has 222 valence electrons. The molecule has 3 aromatic rings. The number of carbonyl (C=O) groups excluding carboxylic acids is 2. The number of primary amides is 1. The highest BCUT2D eigenvalue weighted by Crippen LogP contribution is 2.36. The molecule has 8 nitrogen and oxygen atoms in total. The van der Waals surface area contributed by atoms with Crippen LogP contribution in [0.5, 0.6) is 0 Å². The van der Waals surface area contributed by atoms with E-state index >= 15 is 0 Å². The highest BCUT2D eigenvalue weighted by Gasteiger charge is 2.38. The fourth-order valence-corrected chi connectivity index (χ4v) is 3.31. The quantitative estimate of drug-likeness (QED) is 0.279. The first-order valence-electron chi connectivity index (χ1n) is 11.1. The average Bonchev–Trinajstić information content (AvgIpc) is 3.30. The van der Waals surface area contributed by atoms with Gasteiger partial charge in [-0.25, -0.2) is 4.79 Å². The molecule has 41 heavy (non-hydrogen) atoms. The molecule has 0 radical (unpaired) electrons. The van der Waals surface area contributed by atoms with Gasteiger partial charge in [0, 0.05) is 11.3 Å². The summed E-state index contributed by atoms with van der Waals surface area (Å²) in [6.07, 6.45) is -13.4. The number of amides is 2. The van der Waals surface area contributed by atoms with E-state index in [9.17, 15) is 49.1 Å². The molecular formula is C24H19F9N4O4. The summed E-state index contributed by atoms with van der Waals surface area (Å²) in [6.45, 7) is 0. The maximum Gasteiger partial charge on any atom is 0.490 e. The zero-order valence-corrected chi connectivity index (χ0v) is 20.3. The number of carboxylic acid groups (broad SMARTS) is 1. The normalized spacial score (nSPS) is 11.8. The van der Waals surface area contributed by atoms with Gasteiger partial charge in [0.1, 0.15) is 5.69 Å². The number of benzene rings is 2.